The molecule has 2 fully saturated rings. The lowest BCUT2D eigenvalue weighted by Gasteiger charge is -2.20. The summed E-state index contributed by atoms with van der Waals surface area (Å²) in [6, 6.07) is 0.135. The number of nitrogens with one attached hydrogen (secondary N) is 2. The van der Waals surface area contributed by atoms with Crippen LogP contribution in [-0.4, -0.2) is 40.0 Å². The van der Waals surface area contributed by atoms with Crippen LogP contribution >= 0.6 is 0 Å². The Hall–Kier alpha value is -1.43. The lowest BCUT2D eigenvalue weighted by molar-refractivity contribution is -0.122. The third-order valence-electron chi connectivity index (χ3n) is 4.93. The normalized spacial score (nSPS) is 26.2. The van der Waals surface area contributed by atoms with Crippen molar-refractivity contribution in [3.8, 4) is 0 Å². The first-order chi connectivity index (χ1) is 10.8. The van der Waals surface area contributed by atoms with Crippen molar-refractivity contribution in [2.75, 3.05) is 13.1 Å². The minimum absolute atomic E-state index is 0.0903. The maximum Gasteiger partial charge on any atom is 0.237 e. The van der Waals surface area contributed by atoms with E-state index in [4.69, 9.17) is 0 Å². The molecule has 3 rings (SSSR count). The lowest BCUT2D eigenvalue weighted by Crippen LogP contribution is -2.40. The molecule has 1 aromatic heterocycles. The molecule has 0 spiro atoms. The van der Waals surface area contributed by atoms with Crippen molar-refractivity contribution in [2.24, 2.45) is 5.92 Å². The molecule has 1 saturated heterocycles. The van der Waals surface area contributed by atoms with E-state index in [1.165, 1.54) is 32.1 Å². The second kappa shape index (κ2) is 7.22. The van der Waals surface area contributed by atoms with Gasteiger partial charge in [0.25, 0.3) is 0 Å². The summed E-state index contributed by atoms with van der Waals surface area (Å²) in [5.41, 5.74) is 1.10. The van der Waals surface area contributed by atoms with Crippen LogP contribution in [0.1, 0.15) is 57.2 Å². The van der Waals surface area contributed by atoms with Crippen LogP contribution in [0.4, 0.5) is 0 Å². The Morgan fingerprint density at radius 3 is 3.00 bits per heavy atom. The van der Waals surface area contributed by atoms with Gasteiger partial charge in [-0.15, -0.1) is 5.10 Å². The number of rotatable bonds is 5. The quantitative estimate of drug-likeness (QED) is 0.863. The largest absolute Gasteiger partial charge is 0.355 e. The first-order valence-corrected chi connectivity index (χ1v) is 8.68. The van der Waals surface area contributed by atoms with Crippen molar-refractivity contribution in [3.05, 3.63) is 11.9 Å². The molecule has 1 aromatic rings. The molecular formula is C16H27N5O. The van der Waals surface area contributed by atoms with Crippen molar-refractivity contribution in [2.45, 2.75) is 64.0 Å². The highest BCUT2D eigenvalue weighted by Crippen LogP contribution is 2.26. The fraction of sp³-hybridized carbons (Fsp3) is 0.812. The van der Waals surface area contributed by atoms with Crippen LogP contribution < -0.4 is 10.6 Å². The maximum absolute atomic E-state index is 11.9. The Labute approximate surface area is 132 Å². The van der Waals surface area contributed by atoms with Gasteiger partial charge in [-0.1, -0.05) is 37.3 Å². The molecule has 1 aliphatic heterocycles. The van der Waals surface area contributed by atoms with Crippen LogP contribution in [0.25, 0.3) is 0 Å². The van der Waals surface area contributed by atoms with Gasteiger partial charge in [0.2, 0.25) is 5.91 Å². The van der Waals surface area contributed by atoms with Gasteiger partial charge in [0, 0.05) is 19.3 Å². The van der Waals surface area contributed by atoms with Gasteiger partial charge in [0.05, 0.1) is 17.8 Å². The van der Waals surface area contributed by atoms with Crippen LogP contribution in [0.2, 0.25) is 0 Å². The Bertz CT molecular complexity index is 494. The molecule has 0 radical (unpaired) electrons. The second-order valence-corrected chi connectivity index (χ2v) is 6.64. The van der Waals surface area contributed by atoms with Gasteiger partial charge in [-0.05, 0) is 25.7 Å². The number of carbonyl (C=O) groups is 1. The van der Waals surface area contributed by atoms with Crippen LogP contribution in [0, 0.1) is 5.92 Å². The van der Waals surface area contributed by atoms with E-state index in [9.17, 15) is 4.79 Å². The molecule has 22 heavy (non-hydrogen) atoms. The molecule has 2 aliphatic rings. The van der Waals surface area contributed by atoms with Crippen LogP contribution in [0.3, 0.4) is 0 Å². The highest BCUT2D eigenvalue weighted by Gasteiger charge is 2.30. The summed E-state index contributed by atoms with van der Waals surface area (Å²) in [7, 11) is 0. The number of carbonyl (C=O) groups excluding carboxylic acids is 1. The molecule has 0 bridgehead atoms. The van der Waals surface area contributed by atoms with Gasteiger partial charge in [-0.25, -0.2) is 4.68 Å². The highest BCUT2D eigenvalue weighted by molar-refractivity contribution is 5.82. The Balaban J connectivity index is 1.54. The standard InChI is InChI=1S/C16H27N5O/c1-2-17-16(22)15-9-14(10-18-15)21-11-13(19-20-21)8-12-6-4-3-5-7-12/h11-12,14-15,18H,2-10H2,1H3,(H,17,22)/t14-,15+/m1/s1. The summed E-state index contributed by atoms with van der Waals surface area (Å²) in [5.74, 6) is 0.872. The summed E-state index contributed by atoms with van der Waals surface area (Å²) >= 11 is 0. The smallest absolute Gasteiger partial charge is 0.237 e. The van der Waals surface area contributed by atoms with E-state index in [2.05, 4.69) is 27.1 Å². The van der Waals surface area contributed by atoms with Crippen LogP contribution in [-0.2, 0) is 11.2 Å². The van der Waals surface area contributed by atoms with Crippen molar-refractivity contribution >= 4 is 5.91 Å². The van der Waals surface area contributed by atoms with Crippen molar-refractivity contribution in [3.63, 3.8) is 0 Å². The second-order valence-electron chi connectivity index (χ2n) is 6.64. The summed E-state index contributed by atoms with van der Waals surface area (Å²) < 4.78 is 1.95. The predicted octanol–water partition coefficient (Wildman–Crippen LogP) is 1.44. The van der Waals surface area contributed by atoms with Gasteiger partial charge in [-0.2, -0.15) is 0 Å². The number of hydrogen-bond acceptors (Lipinski definition) is 4. The minimum Gasteiger partial charge on any atom is -0.355 e. The number of likely N-dealkylation sites (N-methyl/N-ethyl adjacent to an activating group) is 1. The number of aromatic nitrogens is 3. The fourth-order valence-corrected chi connectivity index (χ4v) is 3.69. The summed E-state index contributed by atoms with van der Waals surface area (Å²) in [6.07, 6.45) is 10.7. The van der Waals surface area contributed by atoms with Crippen LogP contribution in [0.5, 0.6) is 0 Å². The molecule has 2 atom stereocenters. The van der Waals surface area contributed by atoms with E-state index in [1.54, 1.807) is 0 Å². The van der Waals surface area contributed by atoms with Crippen molar-refractivity contribution < 1.29 is 4.79 Å². The SMILES string of the molecule is CCNC(=O)[C@@H]1C[C@@H](n2cc(CC3CCCCC3)nn2)CN1. The van der Waals surface area contributed by atoms with Crippen molar-refractivity contribution in [1.82, 2.24) is 25.6 Å². The van der Waals surface area contributed by atoms with E-state index in [0.717, 1.165) is 31.0 Å². The highest BCUT2D eigenvalue weighted by atomic mass is 16.2. The molecule has 2 heterocycles. The van der Waals surface area contributed by atoms with E-state index in [0.29, 0.717) is 6.54 Å². The first kappa shape index (κ1) is 15.5. The Morgan fingerprint density at radius 2 is 2.23 bits per heavy atom. The van der Waals surface area contributed by atoms with Gasteiger partial charge in [0.15, 0.2) is 0 Å². The molecule has 2 N–H and O–H groups in total. The Morgan fingerprint density at radius 1 is 1.41 bits per heavy atom. The van der Waals surface area contributed by atoms with Crippen molar-refractivity contribution in [1.29, 1.82) is 0 Å². The van der Waals surface area contributed by atoms with Gasteiger partial charge in [-0.3, -0.25) is 4.79 Å². The summed E-state index contributed by atoms with van der Waals surface area (Å²) in [4.78, 5) is 11.9. The molecule has 1 amide bonds. The predicted molar refractivity (Wildman–Crippen MR) is 84.4 cm³/mol. The topological polar surface area (TPSA) is 71.8 Å². The lowest BCUT2D eigenvalue weighted by atomic mass is 9.86. The molecule has 6 heteroatoms. The number of nitrogens with zero attached hydrogens (tertiary/aromatic N) is 3. The van der Waals surface area contributed by atoms with E-state index >= 15 is 0 Å². The zero-order chi connectivity index (χ0) is 15.4. The minimum atomic E-state index is -0.101. The van der Waals surface area contributed by atoms with E-state index in [1.807, 2.05) is 11.6 Å². The Kier molecular flexibility index (Phi) is 5.08. The van der Waals surface area contributed by atoms with Gasteiger partial charge < -0.3 is 10.6 Å². The zero-order valence-corrected chi connectivity index (χ0v) is 13.4. The fourth-order valence-electron chi connectivity index (χ4n) is 3.69. The third kappa shape index (κ3) is 3.66. The third-order valence-corrected chi connectivity index (χ3v) is 4.93. The average Bonchev–Trinajstić information content (AvgIpc) is 3.17. The monoisotopic (exact) mass is 305 g/mol. The van der Waals surface area contributed by atoms with Gasteiger partial charge in [0.1, 0.15) is 0 Å². The molecule has 0 aromatic carbocycles. The van der Waals surface area contributed by atoms with Crippen LogP contribution in [0.15, 0.2) is 6.20 Å². The average molecular weight is 305 g/mol. The molecule has 6 nitrogen and oxygen atoms in total. The first-order valence-electron chi connectivity index (χ1n) is 8.68. The zero-order valence-electron chi connectivity index (χ0n) is 13.4. The number of amides is 1. The molecule has 1 aliphatic carbocycles. The van der Waals surface area contributed by atoms with E-state index < -0.39 is 0 Å². The molecule has 122 valence electrons. The molecule has 0 unspecified atom stereocenters. The molecule has 1 saturated carbocycles. The number of hydrogen-bond donors (Lipinski definition) is 2. The van der Waals surface area contributed by atoms with Gasteiger partial charge >= 0.3 is 0 Å². The maximum atomic E-state index is 11.9. The van der Waals surface area contributed by atoms with E-state index in [-0.39, 0.29) is 18.0 Å². The molecular weight excluding hydrogens is 278 g/mol. The summed E-state index contributed by atoms with van der Waals surface area (Å²) in [5, 5.41) is 14.8. The summed E-state index contributed by atoms with van der Waals surface area (Å²) in [6.45, 7) is 3.41.